The summed E-state index contributed by atoms with van der Waals surface area (Å²) in [5.41, 5.74) is 8.20. The number of hydrogen-bond donors (Lipinski definition) is 3. The van der Waals surface area contributed by atoms with Crippen LogP contribution >= 0.6 is 0 Å². The Bertz CT molecular complexity index is 728. The standard InChI is InChI=1S/C23H36N2O4/c1-6-23(7-2)18-12-16(21(24)26)9-8-15(18)13-19(29-5)20(23)25-11-10-17(14(3)4)22(27)28/h8-9,12,14,17,19-20,25H,6-7,10-11,13H2,1-5H3,(H2,24,26)(H,27,28)/t17-,19-,20-/m1/s1. The van der Waals surface area contributed by atoms with Crippen molar-refractivity contribution in [1.29, 1.82) is 0 Å². The molecule has 0 aliphatic heterocycles. The first-order valence-corrected chi connectivity index (χ1v) is 10.6. The van der Waals surface area contributed by atoms with Crippen LogP contribution in [-0.2, 0) is 21.4 Å². The zero-order valence-electron chi connectivity index (χ0n) is 18.3. The van der Waals surface area contributed by atoms with Crippen molar-refractivity contribution in [3.8, 4) is 0 Å². The Morgan fingerprint density at radius 1 is 1.31 bits per heavy atom. The number of carboxylic acid groups (broad SMARTS) is 1. The number of carbonyl (C=O) groups is 2. The number of hydrogen-bond acceptors (Lipinski definition) is 4. The van der Waals surface area contributed by atoms with E-state index in [1.54, 1.807) is 13.2 Å². The lowest BCUT2D eigenvalue weighted by Gasteiger charge is -2.49. The third kappa shape index (κ3) is 4.64. The largest absolute Gasteiger partial charge is 0.481 e. The monoisotopic (exact) mass is 404 g/mol. The Kier molecular flexibility index (Phi) is 7.83. The molecule has 6 heteroatoms. The number of primary amides is 1. The van der Waals surface area contributed by atoms with Gasteiger partial charge in [0.1, 0.15) is 0 Å². The van der Waals surface area contributed by atoms with Gasteiger partial charge in [-0.3, -0.25) is 9.59 Å². The normalized spacial score (nSPS) is 21.6. The average molecular weight is 405 g/mol. The Hall–Kier alpha value is -1.92. The molecule has 1 aromatic carbocycles. The summed E-state index contributed by atoms with van der Waals surface area (Å²) in [6, 6.07) is 5.76. The minimum absolute atomic E-state index is 0.0239. The van der Waals surface area contributed by atoms with Crippen molar-refractivity contribution < 1.29 is 19.4 Å². The molecule has 162 valence electrons. The second-order valence-corrected chi connectivity index (χ2v) is 8.49. The van der Waals surface area contributed by atoms with Crippen LogP contribution in [0.5, 0.6) is 0 Å². The second-order valence-electron chi connectivity index (χ2n) is 8.49. The predicted molar refractivity (Wildman–Crippen MR) is 114 cm³/mol. The number of benzene rings is 1. The summed E-state index contributed by atoms with van der Waals surface area (Å²) in [7, 11) is 1.73. The van der Waals surface area contributed by atoms with Gasteiger partial charge in [-0.25, -0.2) is 0 Å². The van der Waals surface area contributed by atoms with Crippen LogP contribution in [0, 0.1) is 11.8 Å². The van der Waals surface area contributed by atoms with Gasteiger partial charge in [0.15, 0.2) is 0 Å². The van der Waals surface area contributed by atoms with Gasteiger partial charge in [0.2, 0.25) is 5.91 Å². The van der Waals surface area contributed by atoms with E-state index in [9.17, 15) is 14.7 Å². The average Bonchev–Trinajstić information content (AvgIpc) is 2.69. The van der Waals surface area contributed by atoms with Crippen molar-refractivity contribution in [3.63, 3.8) is 0 Å². The minimum atomic E-state index is -0.748. The molecule has 6 nitrogen and oxygen atoms in total. The van der Waals surface area contributed by atoms with Gasteiger partial charge in [-0.1, -0.05) is 33.8 Å². The molecule has 0 saturated carbocycles. The van der Waals surface area contributed by atoms with Crippen molar-refractivity contribution in [1.82, 2.24) is 5.32 Å². The maximum Gasteiger partial charge on any atom is 0.306 e. The fourth-order valence-electron chi connectivity index (χ4n) is 4.98. The third-order valence-electron chi connectivity index (χ3n) is 6.83. The summed E-state index contributed by atoms with van der Waals surface area (Å²) in [5, 5.41) is 13.1. The second kappa shape index (κ2) is 9.72. The quantitative estimate of drug-likeness (QED) is 0.556. The van der Waals surface area contributed by atoms with Gasteiger partial charge in [0.25, 0.3) is 0 Å². The van der Waals surface area contributed by atoms with E-state index in [1.165, 1.54) is 5.56 Å². The minimum Gasteiger partial charge on any atom is -0.481 e. The Labute approximate surface area is 174 Å². The van der Waals surface area contributed by atoms with Crippen molar-refractivity contribution >= 4 is 11.9 Å². The molecule has 1 aliphatic carbocycles. The van der Waals surface area contributed by atoms with E-state index >= 15 is 0 Å². The number of fused-ring (bicyclic) bond motifs is 1. The zero-order chi connectivity index (χ0) is 21.8. The maximum atomic E-state index is 11.8. The molecule has 0 fully saturated rings. The summed E-state index contributed by atoms with van der Waals surface area (Å²) < 4.78 is 5.88. The lowest BCUT2D eigenvalue weighted by Crippen LogP contribution is -2.59. The molecule has 0 saturated heterocycles. The van der Waals surface area contributed by atoms with Gasteiger partial charge in [0, 0.05) is 30.6 Å². The number of amides is 1. The van der Waals surface area contributed by atoms with Gasteiger partial charge in [-0.15, -0.1) is 0 Å². The van der Waals surface area contributed by atoms with E-state index < -0.39 is 11.9 Å². The van der Waals surface area contributed by atoms with Crippen LogP contribution in [0.2, 0.25) is 0 Å². The molecule has 0 bridgehead atoms. The van der Waals surface area contributed by atoms with E-state index in [4.69, 9.17) is 10.5 Å². The number of nitrogens with two attached hydrogens (primary N) is 1. The highest BCUT2D eigenvalue weighted by atomic mass is 16.5. The first-order chi connectivity index (χ1) is 13.7. The molecule has 0 heterocycles. The van der Waals surface area contributed by atoms with Crippen molar-refractivity contribution in [2.75, 3.05) is 13.7 Å². The van der Waals surface area contributed by atoms with Crippen LogP contribution in [0.3, 0.4) is 0 Å². The third-order valence-corrected chi connectivity index (χ3v) is 6.83. The first kappa shape index (κ1) is 23.4. The van der Waals surface area contributed by atoms with Crippen LogP contribution in [0.15, 0.2) is 18.2 Å². The first-order valence-electron chi connectivity index (χ1n) is 10.6. The van der Waals surface area contributed by atoms with E-state index in [0.717, 1.165) is 24.8 Å². The summed E-state index contributed by atoms with van der Waals surface area (Å²) in [4.78, 5) is 23.3. The molecule has 29 heavy (non-hydrogen) atoms. The van der Waals surface area contributed by atoms with Gasteiger partial charge in [0.05, 0.1) is 12.0 Å². The number of carboxylic acids is 1. The van der Waals surface area contributed by atoms with Crippen LogP contribution in [0.4, 0.5) is 0 Å². The lowest BCUT2D eigenvalue weighted by atomic mass is 9.62. The Morgan fingerprint density at radius 3 is 2.45 bits per heavy atom. The number of rotatable bonds is 10. The predicted octanol–water partition coefficient (Wildman–Crippen LogP) is 3.12. The smallest absolute Gasteiger partial charge is 0.306 e. The van der Waals surface area contributed by atoms with E-state index in [-0.39, 0.29) is 29.4 Å². The van der Waals surface area contributed by atoms with Crippen molar-refractivity contribution in [2.45, 2.75) is 70.9 Å². The fraction of sp³-hybridized carbons (Fsp3) is 0.652. The van der Waals surface area contributed by atoms with E-state index in [1.807, 2.05) is 26.0 Å². The highest BCUT2D eigenvalue weighted by molar-refractivity contribution is 5.93. The summed E-state index contributed by atoms with van der Waals surface area (Å²) in [5.74, 6) is -1.46. The van der Waals surface area contributed by atoms with Gasteiger partial charge in [-0.05, 0) is 55.0 Å². The van der Waals surface area contributed by atoms with Gasteiger partial charge in [-0.2, -0.15) is 0 Å². The molecule has 1 aliphatic rings. The number of carbonyl (C=O) groups excluding carboxylic acids is 1. The highest BCUT2D eigenvalue weighted by Gasteiger charge is 2.46. The van der Waals surface area contributed by atoms with Gasteiger partial charge < -0.3 is 20.9 Å². The summed E-state index contributed by atoms with van der Waals surface area (Å²) >= 11 is 0. The molecule has 0 spiro atoms. The molecule has 4 N–H and O–H groups in total. The highest BCUT2D eigenvalue weighted by Crippen LogP contribution is 2.44. The van der Waals surface area contributed by atoms with Gasteiger partial charge >= 0.3 is 5.97 Å². The molecular weight excluding hydrogens is 368 g/mol. The molecule has 0 radical (unpaired) electrons. The Morgan fingerprint density at radius 2 is 1.97 bits per heavy atom. The molecule has 1 aromatic rings. The Balaban J connectivity index is 2.37. The van der Waals surface area contributed by atoms with Crippen LogP contribution < -0.4 is 11.1 Å². The van der Waals surface area contributed by atoms with Crippen LogP contribution in [0.25, 0.3) is 0 Å². The summed E-state index contributed by atoms with van der Waals surface area (Å²) in [6.45, 7) is 8.81. The maximum absolute atomic E-state index is 11.8. The van der Waals surface area contributed by atoms with E-state index in [2.05, 4.69) is 19.2 Å². The number of ether oxygens (including phenoxy) is 1. The lowest BCUT2D eigenvalue weighted by molar-refractivity contribution is -0.143. The van der Waals surface area contributed by atoms with Crippen molar-refractivity contribution in [3.05, 3.63) is 34.9 Å². The molecule has 0 unspecified atom stereocenters. The molecule has 3 atom stereocenters. The zero-order valence-corrected chi connectivity index (χ0v) is 18.3. The molecule has 1 amide bonds. The fourth-order valence-corrected chi connectivity index (χ4v) is 4.98. The topological polar surface area (TPSA) is 102 Å². The molecular formula is C23H36N2O4. The summed E-state index contributed by atoms with van der Waals surface area (Å²) in [6.07, 6.45) is 3.05. The SMILES string of the molecule is CCC1(CC)c2cc(C(N)=O)ccc2C[C@@H](OC)[C@H]1NCC[C@@H](C(=O)O)C(C)C. The number of methoxy groups -OCH3 is 1. The molecule has 0 aromatic heterocycles. The van der Waals surface area contributed by atoms with E-state index in [0.29, 0.717) is 18.5 Å². The van der Waals surface area contributed by atoms with Crippen molar-refractivity contribution in [2.24, 2.45) is 17.6 Å². The molecule has 2 rings (SSSR count). The number of nitrogens with one attached hydrogen (secondary N) is 1. The number of aliphatic carboxylic acids is 1. The van der Waals surface area contributed by atoms with Crippen LogP contribution in [0.1, 0.15) is 68.4 Å². The van der Waals surface area contributed by atoms with Crippen LogP contribution in [-0.4, -0.2) is 42.8 Å².